The second-order valence-corrected chi connectivity index (χ2v) is 5.63. The summed E-state index contributed by atoms with van der Waals surface area (Å²) in [5, 5.41) is 5.02. The van der Waals surface area contributed by atoms with Gasteiger partial charge in [-0.05, 0) is 28.8 Å². The molecule has 0 bridgehead atoms. The lowest BCUT2D eigenvalue weighted by atomic mass is 10.4. The number of sulfonamides is 1. The Morgan fingerprint density at radius 3 is 2.67 bits per heavy atom. The molecule has 1 aliphatic rings. The number of pyridine rings is 1. The first-order chi connectivity index (χ1) is 6.98. The van der Waals surface area contributed by atoms with Crippen molar-refractivity contribution < 1.29 is 13.2 Å². The summed E-state index contributed by atoms with van der Waals surface area (Å²) in [5.41, 5.74) is 0. The third-order valence-electron chi connectivity index (χ3n) is 1.94. The standard InChI is InChI=1S/C8H9BrN2O3S/c9-8-6(14-5-1-2-5)3-11-4-7(8)15(10,12)13/h3-5H,1-2H2,(H2,10,12,13). The van der Waals surface area contributed by atoms with Crippen LogP contribution in [0, 0.1) is 0 Å². The lowest BCUT2D eigenvalue weighted by Crippen LogP contribution is -2.13. The predicted molar refractivity (Wildman–Crippen MR) is 57.0 cm³/mol. The number of ether oxygens (including phenoxy) is 1. The van der Waals surface area contributed by atoms with Gasteiger partial charge in [-0.25, -0.2) is 13.6 Å². The molecule has 1 aromatic heterocycles. The average molecular weight is 293 g/mol. The molecular formula is C8H9BrN2O3S. The van der Waals surface area contributed by atoms with Gasteiger partial charge in [-0.3, -0.25) is 4.98 Å². The van der Waals surface area contributed by atoms with Crippen molar-refractivity contribution in [3.05, 3.63) is 16.9 Å². The first-order valence-electron chi connectivity index (χ1n) is 4.31. The molecule has 1 saturated carbocycles. The zero-order chi connectivity index (χ0) is 11.1. The van der Waals surface area contributed by atoms with Gasteiger partial charge in [-0.15, -0.1) is 0 Å². The molecule has 0 aromatic carbocycles. The largest absolute Gasteiger partial charge is 0.488 e. The maximum Gasteiger partial charge on any atom is 0.240 e. The van der Waals surface area contributed by atoms with Gasteiger partial charge in [0.1, 0.15) is 4.90 Å². The molecule has 15 heavy (non-hydrogen) atoms. The van der Waals surface area contributed by atoms with Crippen molar-refractivity contribution in [2.75, 3.05) is 0 Å². The summed E-state index contributed by atoms with van der Waals surface area (Å²) < 4.78 is 28.1. The smallest absolute Gasteiger partial charge is 0.240 e. The molecule has 0 unspecified atom stereocenters. The number of aromatic nitrogens is 1. The summed E-state index contributed by atoms with van der Waals surface area (Å²) in [7, 11) is -3.76. The highest BCUT2D eigenvalue weighted by Crippen LogP contribution is 2.34. The molecule has 0 radical (unpaired) electrons. The van der Waals surface area contributed by atoms with E-state index in [0.717, 1.165) is 12.8 Å². The van der Waals surface area contributed by atoms with E-state index in [1.54, 1.807) is 0 Å². The third kappa shape index (κ3) is 2.47. The van der Waals surface area contributed by atoms with E-state index in [2.05, 4.69) is 20.9 Å². The summed E-state index contributed by atoms with van der Waals surface area (Å²) in [4.78, 5) is 3.72. The molecule has 1 fully saturated rings. The van der Waals surface area contributed by atoms with Crippen LogP contribution in [0.15, 0.2) is 21.8 Å². The number of primary sulfonamides is 1. The second kappa shape index (κ2) is 3.73. The summed E-state index contributed by atoms with van der Waals surface area (Å²) in [6, 6.07) is 0. The van der Waals surface area contributed by atoms with Crippen LogP contribution < -0.4 is 9.88 Å². The molecule has 5 nitrogen and oxygen atoms in total. The molecule has 0 amide bonds. The molecule has 7 heteroatoms. The number of hydrogen-bond acceptors (Lipinski definition) is 4. The van der Waals surface area contributed by atoms with Crippen LogP contribution in [0.25, 0.3) is 0 Å². The molecule has 2 rings (SSSR count). The van der Waals surface area contributed by atoms with E-state index >= 15 is 0 Å². The molecule has 0 saturated heterocycles. The van der Waals surface area contributed by atoms with Gasteiger partial charge in [0.05, 0.1) is 16.8 Å². The maximum absolute atomic E-state index is 11.2. The van der Waals surface area contributed by atoms with Crippen LogP contribution in [-0.2, 0) is 10.0 Å². The van der Waals surface area contributed by atoms with Crippen LogP contribution >= 0.6 is 15.9 Å². The highest BCUT2D eigenvalue weighted by Gasteiger charge is 2.26. The number of rotatable bonds is 3. The Bertz CT molecular complexity index is 485. The monoisotopic (exact) mass is 292 g/mol. The van der Waals surface area contributed by atoms with Crippen molar-refractivity contribution in [3.8, 4) is 5.75 Å². The minimum absolute atomic E-state index is 0.0550. The number of nitrogens with zero attached hydrogens (tertiary/aromatic N) is 1. The first kappa shape index (κ1) is 10.8. The normalized spacial score (nSPS) is 16.4. The van der Waals surface area contributed by atoms with Gasteiger partial charge in [0.25, 0.3) is 0 Å². The van der Waals surface area contributed by atoms with Gasteiger partial charge in [0.2, 0.25) is 10.0 Å². The summed E-state index contributed by atoms with van der Waals surface area (Å²) in [6.45, 7) is 0. The van der Waals surface area contributed by atoms with Crippen LogP contribution in [0.2, 0.25) is 0 Å². The first-order valence-corrected chi connectivity index (χ1v) is 6.65. The zero-order valence-corrected chi connectivity index (χ0v) is 10.1. The summed E-state index contributed by atoms with van der Waals surface area (Å²) in [5.74, 6) is 0.420. The highest BCUT2D eigenvalue weighted by molar-refractivity contribution is 9.10. The topological polar surface area (TPSA) is 82.3 Å². The molecule has 1 aliphatic carbocycles. The number of nitrogens with two attached hydrogens (primary N) is 1. The van der Waals surface area contributed by atoms with Crippen molar-refractivity contribution >= 4 is 26.0 Å². The maximum atomic E-state index is 11.2. The van der Waals surface area contributed by atoms with Gasteiger partial charge in [-0.2, -0.15) is 0 Å². The molecule has 1 heterocycles. The Morgan fingerprint density at radius 1 is 1.47 bits per heavy atom. The van der Waals surface area contributed by atoms with Crippen LogP contribution in [0.4, 0.5) is 0 Å². The molecular weight excluding hydrogens is 284 g/mol. The Kier molecular flexibility index (Phi) is 2.70. The van der Waals surface area contributed by atoms with Crippen LogP contribution in [0.1, 0.15) is 12.8 Å². The van der Waals surface area contributed by atoms with Crippen molar-refractivity contribution in [1.82, 2.24) is 4.98 Å². The molecule has 0 atom stereocenters. The van der Waals surface area contributed by atoms with E-state index in [1.165, 1.54) is 12.4 Å². The van der Waals surface area contributed by atoms with Gasteiger partial charge < -0.3 is 4.74 Å². The zero-order valence-electron chi connectivity index (χ0n) is 7.68. The quantitative estimate of drug-likeness (QED) is 0.902. The second-order valence-electron chi connectivity index (χ2n) is 3.31. The SMILES string of the molecule is NS(=O)(=O)c1cncc(OC2CC2)c1Br. The lowest BCUT2D eigenvalue weighted by molar-refractivity contribution is 0.299. The van der Waals surface area contributed by atoms with Gasteiger partial charge >= 0.3 is 0 Å². The predicted octanol–water partition coefficient (Wildman–Crippen LogP) is 1.03. The molecule has 0 spiro atoms. The molecule has 0 aliphatic heterocycles. The fourth-order valence-corrected chi connectivity index (χ4v) is 2.59. The van der Waals surface area contributed by atoms with Crippen molar-refractivity contribution in [3.63, 3.8) is 0 Å². The molecule has 2 N–H and O–H groups in total. The Balaban J connectivity index is 2.40. The van der Waals surface area contributed by atoms with Crippen molar-refractivity contribution in [2.24, 2.45) is 5.14 Å². The lowest BCUT2D eigenvalue weighted by Gasteiger charge is -2.08. The van der Waals surface area contributed by atoms with Crippen molar-refractivity contribution in [1.29, 1.82) is 0 Å². The Labute approximate surface area is 95.8 Å². The van der Waals surface area contributed by atoms with Crippen LogP contribution in [0.5, 0.6) is 5.75 Å². The van der Waals surface area contributed by atoms with E-state index in [9.17, 15) is 8.42 Å². The van der Waals surface area contributed by atoms with E-state index < -0.39 is 10.0 Å². The minimum atomic E-state index is -3.76. The Hall–Kier alpha value is -0.660. The molecule has 82 valence electrons. The fraction of sp³-hybridized carbons (Fsp3) is 0.375. The van der Waals surface area contributed by atoms with Crippen LogP contribution in [0.3, 0.4) is 0 Å². The van der Waals surface area contributed by atoms with E-state index in [4.69, 9.17) is 9.88 Å². The minimum Gasteiger partial charge on any atom is -0.488 e. The summed E-state index contributed by atoms with van der Waals surface area (Å²) in [6.07, 6.45) is 4.83. The summed E-state index contributed by atoms with van der Waals surface area (Å²) >= 11 is 3.15. The number of hydrogen-bond donors (Lipinski definition) is 1. The fourth-order valence-electron chi connectivity index (χ4n) is 1.05. The van der Waals surface area contributed by atoms with E-state index in [1.807, 2.05) is 0 Å². The average Bonchev–Trinajstić information content (AvgIpc) is 2.90. The Morgan fingerprint density at radius 2 is 2.13 bits per heavy atom. The van der Waals surface area contributed by atoms with Crippen molar-refractivity contribution in [2.45, 2.75) is 23.8 Å². The van der Waals surface area contributed by atoms with Gasteiger partial charge in [0.15, 0.2) is 5.75 Å². The highest BCUT2D eigenvalue weighted by atomic mass is 79.9. The molecule has 1 aromatic rings. The number of halogens is 1. The van der Waals surface area contributed by atoms with E-state index in [0.29, 0.717) is 10.2 Å². The third-order valence-corrected chi connectivity index (χ3v) is 3.94. The van der Waals surface area contributed by atoms with Gasteiger partial charge in [0, 0.05) is 6.20 Å². The van der Waals surface area contributed by atoms with Crippen LogP contribution in [-0.4, -0.2) is 19.5 Å². The van der Waals surface area contributed by atoms with E-state index in [-0.39, 0.29) is 11.0 Å². The van der Waals surface area contributed by atoms with Gasteiger partial charge in [-0.1, -0.05) is 0 Å².